The summed E-state index contributed by atoms with van der Waals surface area (Å²) in [5, 5.41) is 3.49. The number of hydrogen-bond acceptors (Lipinski definition) is 4. The fourth-order valence-electron chi connectivity index (χ4n) is 3.42. The average Bonchev–Trinajstić information content (AvgIpc) is 2.71. The van der Waals surface area contributed by atoms with E-state index in [9.17, 15) is 4.79 Å². The van der Waals surface area contributed by atoms with Crippen molar-refractivity contribution in [2.45, 2.75) is 25.2 Å². The number of hydrogen-bond donors (Lipinski definition) is 1. The van der Waals surface area contributed by atoms with Gasteiger partial charge in [-0.3, -0.25) is 4.79 Å². The molecule has 3 rings (SSSR count). The molecular weight excluding hydrogens is 378 g/mol. The number of ether oxygens (including phenoxy) is 3. The molecule has 0 unspecified atom stereocenters. The van der Waals surface area contributed by atoms with Gasteiger partial charge in [0.15, 0.2) is 0 Å². The number of benzene rings is 2. The minimum absolute atomic E-state index is 0.0382. The van der Waals surface area contributed by atoms with Gasteiger partial charge in [-0.2, -0.15) is 0 Å². The SMILES string of the molecule is COCCOc1ccc(NC(=O)C2(c3ccc(C)cc3)CCOCC2)cc1Cl. The maximum absolute atomic E-state index is 13.3. The maximum atomic E-state index is 13.3. The number of nitrogens with one attached hydrogen (secondary N) is 1. The summed E-state index contributed by atoms with van der Waals surface area (Å²) >= 11 is 6.31. The normalized spacial score (nSPS) is 15.8. The second kappa shape index (κ2) is 9.41. The Morgan fingerprint density at radius 2 is 1.86 bits per heavy atom. The monoisotopic (exact) mass is 403 g/mol. The van der Waals surface area contributed by atoms with Crippen molar-refractivity contribution in [2.24, 2.45) is 0 Å². The van der Waals surface area contributed by atoms with Gasteiger partial charge in [0.05, 0.1) is 17.0 Å². The molecule has 1 heterocycles. The molecule has 5 nitrogen and oxygen atoms in total. The van der Waals surface area contributed by atoms with Crippen molar-refractivity contribution in [3.05, 3.63) is 58.6 Å². The lowest BCUT2D eigenvalue weighted by atomic mass is 9.73. The van der Waals surface area contributed by atoms with Crippen LogP contribution in [0, 0.1) is 6.92 Å². The predicted molar refractivity (Wildman–Crippen MR) is 110 cm³/mol. The lowest BCUT2D eigenvalue weighted by molar-refractivity contribution is -0.125. The van der Waals surface area contributed by atoms with Crippen LogP contribution in [0.4, 0.5) is 5.69 Å². The van der Waals surface area contributed by atoms with Crippen molar-refractivity contribution in [3.63, 3.8) is 0 Å². The van der Waals surface area contributed by atoms with E-state index < -0.39 is 5.41 Å². The van der Waals surface area contributed by atoms with Crippen LogP contribution in [0.25, 0.3) is 0 Å². The molecule has 6 heteroatoms. The van der Waals surface area contributed by atoms with Crippen LogP contribution in [0.5, 0.6) is 5.75 Å². The van der Waals surface area contributed by atoms with E-state index in [4.69, 9.17) is 25.8 Å². The van der Waals surface area contributed by atoms with E-state index in [1.165, 1.54) is 5.56 Å². The molecule has 0 spiro atoms. The Labute approximate surface area is 170 Å². The molecule has 0 aromatic heterocycles. The van der Waals surface area contributed by atoms with Gasteiger partial charge in [-0.05, 0) is 43.5 Å². The van der Waals surface area contributed by atoms with Gasteiger partial charge >= 0.3 is 0 Å². The molecule has 0 saturated carbocycles. The van der Waals surface area contributed by atoms with Crippen molar-refractivity contribution < 1.29 is 19.0 Å². The first-order chi connectivity index (χ1) is 13.5. The molecular formula is C22H26ClNO4. The Bertz CT molecular complexity index is 801. The third-order valence-electron chi connectivity index (χ3n) is 5.12. The van der Waals surface area contributed by atoms with Crippen LogP contribution in [0.15, 0.2) is 42.5 Å². The number of aryl methyl sites for hydroxylation is 1. The number of methoxy groups -OCH3 is 1. The minimum atomic E-state index is -0.605. The van der Waals surface area contributed by atoms with Crippen LogP contribution >= 0.6 is 11.6 Å². The summed E-state index contributed by atoms with van der Waals surface area (Å²) in [6.07, 6.45) is 1.29. The molecule has 1 aliphatic heterocycles. The Morgan fingerprint density at radius 3 is 2.50 bits per heavy atom. The molecule has 2 aromatic rings. The summed E-state index contributed by atoms with van der Waals surface area (Å²) < 4.78 is 16.1. The van der Waals surface area contributed by atoms with Crippen molar-refractivity contribution in [2.75, 3.05) is 38.9 Å². The summed E-state index contributed by atoms with van der Waals surface area (Å²) in [5.41, 5.74) is 2.23. The molecule has 28 heavy (non-hydrogen) atoms. The average molecular weight is 404 g/mol. The van der Waals surface area contributed by atoms with Crippen LogP contribution in [0.3, 0.4) is 0 Å². The Hall–Kier alpha value is -2.08. The fourth-order valence-corrected chi connectivity index (χ4v) is 3.66. The molecule has 2 aromatic carbocycles. The molecule has 1 aliphatic rings. The van der Waals surface area contributed by atoms with Gasteiger partial charge in [0.25, 0.3) is 0 Å². The van der Waals surface area contributed by atoms with Gasteiger partial charge in [0.2, 0.25) is 5.91 Å². The molecule has 1 fully saturated rings. The van der Waals surface area contributed by atoms with Gasteiger partial charge in [0, 0.05) is 26.0 Å². The topological polar surface area (TPSA) is 56.8 Å². The van der Waals surface area contributed by atoms with Crippen molar-refractivity contribution in [1.82, 2.24) is 0 Å². The lowest BCUT2D eigenvalue weighted by Crippen LogP contribution is -2.44. The Morgan fingerprint density at radius 1 is 1.14 bits per heavy atom. The smallest absolute Gasteiger partial charge is 0.235 e. The van der Waals surface area contributed by atoms with Gasteiger partial charge in [-0.15, -0.1) is 0 Å². The highest BCUT2D eigenvalue weighted by molar-refractivity contribution is 6.32. The number of carbonyl (C=O) groups excluding carboxylic acids is 1. The number of halogens is 1. The van der Waals surface area contributed by atoms with Crippen LogP contribution in [-0.2, 0) is 19.7 Å². The summed E-state index contributed by atoms with van der Waals surface area (Å²) in [6.45, 7) is 4.07. The molecule has 150 valence electrons. The molecule has 0 aliphatic carbocycles. The zero-order valence-electron chi connectivity index (χ0n) is 16.3. The van der Waals surface area contributed by atoms with E-state index in [0.717, 1.165) is 5.56 Å². The largest absolute Gasteiger partial charge is 0.490 e. The van der Waals surface area contributed by atoms with Crippen molar-refractivity contribution in [1.29, 1.82) is 0 Å². The number of carbonyl (C=O) groups is 1. The van der Waals surface area contributed by atoms with Gasteiger partial charge in [-0.25, -0.2) is 0 Å². The number of rotatable bonds is 7. The van der Waals surface area contributed by atoms with Crippen LogP contribution in [0.1, 0.15) is 24.0 Å². The third kappa shape index (κ3) is 4.66. The van der Waals surface area contributed by atoms with Gasteiger partial charge in [0.1, 0.15) is 12.4 Å². The van der Waals surface area contributed by atoms with Crippen LogP contribution in [0.2, 0.25) is 5.02 Å². The fraction of sp³-hybridized carbons (Fsp3) is 0.409. The summed E-state index contributed by atoms with van der Waals surface area (Å²) in [5.74, 6) is 0.528. The zero-order valence-corrected chi connectivity index (χ0v) is 17.1. The highest BCUT2D eigenvalue weighted by atomic mass is 35.5. The Balaban J connectivity index is 1.79. The molecule has 0 bridgehead atoms. The first-order valence-corrected chi connectivity index (χ1v) is 9.80. The van der Waals surface area contributed by atoms with E-state index in [-0.39, 0.29) is 5.91 Å². The second-order valence-electron chi connectivity index (χ2n) is 7.00. The van der Waals surface area contributed by atoms with E-state index in [1.807, 2.05) is 31.2 Å². The quantitative estimate of drug-likeness (QED) is 0.698. The lowest BCUT2D eigenvalue weighted by Gasteiger charge is -2.36. The molecule has 0 radical (unpaired) electrons. The van der Waals surface area contributed by atoms with E-state index in [2.05, 4.69) is 5.32 Å². The summed E-state index contributed by atoms with van der Waals surface area (Å²) in [7, 11) is 1.61. The highest BCUT2D eigenvalue weighted by Crippen LogP contribution is 2.37. The van der Waals surface area contributed by atoms with Gasteiger partial charge in [-0.1, -0.05) is 41.4 Å². The first kappa shape index (κ1) is 20.6. The van der Waals surface area contributed by atoms with Crippen LogP contribution in [-0.4, -0.2) is 39.4 Å². The van der Waals surface area contributed by atoms with Crippen molar-refractivity contribution in [3.8, 4) is 5.75 Å². The first-order valence-electron chi connectivity index (χ1n) is 9.43. The molecule has 1 amide bonds. The van der Waals surface area contributed by atoms with Gasteiger partial charge < -0.3 is 19.5 Å². The van der Waals surface area contributed by atoms with Crippen molar-refractivity contribution >= 4 is 23.2 Å². The number of anilines is 1. The minimum Gasteiger partial charge on any atom is -0.490 e. The standard InChI is InChI=1S/C22H26ClNO4/c1-16-3-5-17(6-4-16)22(9-11-27-12-10-22)21(25)24-18-7-8-20(19(23)15-18)28-14-13-26-2/h3-8,15H,9-14H2,1-2H3,(H,24,25). The highest BCUT2D eigenvalue weighted by Gasteiger charge is 2.41. The zero-order chi connectivity index (χ0) is 20.0. The van der Waals surface area contributed by atoms with E-state index in [1.54, 1.807) is 25.3 Å². The summed E-state index contributed by atoms with van der Waals surface area (Å²) in [4.78, 5) is 13.3. The third-order valence-corrected chi connectivity index (χ3v) is 5.42. The molecule has 1 saturated heterocycles. The molecule has 1 N–H and O–H groups in total. The van der Waals surface area contributed by atoms with Crippen LogP contribution < -0.4 is 10.1 Å². The number of amides is 1. The Kier molecular flexibility index (Phi) is 6.94. The van der Waals surface area contributed by atoms with E-state index >= 15 is 0 Å². The second-order valence-corrected chi connectivity index (χ2v) is 7.41. The molecule has 0 atom stereocenters. The predicted octanol–water partition coefficient (Wildman–Crippen LogP) is 4.36. The summed E-state index contributed by atoms with van der Waals surface area (Å²) in [6, 6.07) is 13.4. The van der Waals surface area contributed by atoms with E-state index in [0.29, 0.717) is 55.7 Å². The maximum Gasteiger partial charge on any atom is 0.235 e.